The molecule has 1 aromatic heterocycles. The molecule has 3 rings (SSSR count). The first-order chi connectivity index (χ1) is 8.81. The van der Waals surface area contributed by atoms with Crippen LogP contribution >= 0.6 is 34.7 Å². The highest BCUT2D eigenvalue weighted by Crippen LogP contribution is 2.29. The Bertz CT molecular complexity index is 678. The molecule has 0 aliphatic rings. The molecule has 3 aromatic rings. The first kappa shape index (κ1) is 12.0. The van der Waals surface area contributed by atoms with Crippen molar-refractivity contribution in [3.8, 4) is 0 Å². The second kappa shape index (κ2) is 5.31. The Morgan fingerprint density at radius 1 is 1.11 bits per heavy atom. The molecule has 4 heteroatoms. The lowest BCUT2D eigenvalue weighted by Crippen LogP contribution is -1.77. The zero-order valence-electron chi connectivity index (χ0n) is 9.47. The van der Waals surface area contributed by atoms with Crippen LogP contribution in [0.25, 0.3) is 10.8 Å². The number of thiazole rings is 1. The normalized spacial score (nSPS) is 10.9. The fraction of sp³-hybridized carbons (Fsp3) is 0.0714. The van der Waals surface area contributed by atoms with E-state index in [1.54, 1.807) is 11.3 Å². The zero-order chi connectivity index (χ0) is 12.4. The number of hydrogen-bond acceptors (Lipinski definition) is 3. The van der Waals surface area contributed by atoms with Crippen molar-refractivity contribution in [1.82, 2.24) is 4.98 Å². The van der Waals surface area contributed by atoms with E-state index in [1.165, 1.54) is 20.5 Å². The predicted molar refractivity (Wildman–Crippen MR) is 80.6 cm³/mol. The van der Waals surface area contributed by atoms with Crippen LogP contribution in [-0.4, -0.2) is 4.98 Å². The molecular weight excluding hydrogens is 282 g/mol. The summed E-state index contributed by atoms with van der Waals surface area (Å²) >= 11 is 9.18. The smallest absolute Gasteiger partial charge is 0.183 e. The van der Waals surface area contributed by atoms with Crippen LogP contribution in [0.15, 0.2) is 53.6 Å². The predicted octanol–water partition coefficient (Wildman–Crippen LogP) is 5.24. The highest BCUT2D eigenvalue weighted by molar-refractivity contribution is 7.98. The standard InChI is InChI=1S/C14H10ClNS2/c15-14-16-8-13(18-14)9-17-12-6-5-10-3-1-2-4-11(10)7-12/h1-8H,9H2. The van der Waals surface area contributed by atoms with Crippen molar-refractivity contribution >= 4 is 45.5 Å². The largest absolute Gasteiger partial charge is 0.233 e. The van der Waals surface area contributed by atoms with E-state index in [0.717, 1.165) is 5.75 Å². The lowest BCUT2D eigenvalue weighted by Gasteiger charge is -2.02. The summed E-state index contributed by atoms with van der Waals surface area (Å²) < 4.78 is 0.615. The molecule has 0 amide bonds. The monoisotopic (exact) mass is 291 g/mol. The third-order valence-electron chi connectivity index (χ3n) is 2.63. The van der Waals surface area contributed by atoms with Gasteiger partial charge in [-0.1, -0.05) is 41.9 Å². The number of fused-ring (bicyclic) bond motifs is 1. The number of aromatic nitrogens is 1. The molecule has 90 valence electrons. The van der Waals surface area contributed by atoms with Crippen molar-refractivity contribution in [3.05, 3.63) is 58.0 Å². The quantitative estimate of drug-likeness (QED) is 0.612. The van der Waals surface area contributed by atoms with Gasteiger partial charge in [-0.05, 0) is 22.9 Å². The molecule has 0 aliphatic heterocycles. The van der Waals surface area contributed by atoms with Crippen LogP contribution in [0, 0.1) is 0 Å². The minimum Gasteiger partial charge on any atom is -0.233 e. The lowest BCUT2D eigenvalue weighted by atomic mass is 10.1. The van der Waals surface area contributed by atoms with E-state index in [9.17, 15) is 0 Å². The van der Waals surface area contributed by atoms with Gasteiger partial charge in [-0.2, -0.15) is 0 Å². The van der Waals surface area contributed by atoms with E-state index in [0.29, 0.717) is 4.47 Å². The van der Waals surface area contributed by atoms with Gasteiger partial charge >= 0.3 is 0 Å². The third-order valence-corrected chi connectivity index (χ3v) is 4.97. The van der Waals surface area contributed by atoms with Crippen LogP contribution in [0.1, 0.15) is 4.88 Å². The Labute approximate surface area is 119 Å². The fourth-order valence-electron chi connectivity index (χ4n) is 1.76. The Morgan fingerprint density at radius 2 is 1.94 bits per heavy atom. The molecule has 0 saturated heterocycles. The van der Waals surface area contributed by atoms with Crippen molar-refractivity contribution in [1.29, 1.82) is 0 Å². The maximum Gasteiger partial charge on any atom is 0.183 e. The Kier molecular flexibility index (Phi) is 3.55. The number of benzene rings is 2. The highest BCUT2D eigenvalue weighted by Gasteiger charge is 2.01. The summed E-state index contributed by atoms with van der Waals surface area (Å²) in [5, 5.41) is 2.56. The molecule has 2 aromatic carbocycles. The van der Waals surface area contributed by atoms with Crippen molar-refractivity contribution in [2.75, 3.05) is 0 Å². The number of hydrogen-bond donors (Lipinski definition) is 0. The third kappa shape index (κ3) is 2.69. The minimum absolute atomic E-state index is 0.615. The first-order valence-electron chi connectivity index (χ1n) is 5.53. The van der Waals surface area contributed by atoms with Crippen LogP contribution in [0.4, 0.5) is 0 Å². The summed E-state index contributed by atoms with van der Waals surface area (Å²) in [4.78, 5) is 6.53. The molecule has 0 aliphatic carbocycles. The van der Waals surface area contributed by atoms with Gasteiger partial charge in [0.15, 0.2) is 4.47 Å². The molecule has 1 nitrogen and oxygen atoms in total. The van der Waals surface area contributed by atoms with E-state index in [2.05, 4.69) is 47.4 Å². The van der Waals surface area contributed by atoms with E-state index in [4.69, 9.17) is 11.6 Å². The lowest BCUT2D eigenvalue weighted by molar-refractivity contribution is 1.36. The van der Waals surface area contributed by atoms with E-state index < -0.39 is 0 Å². The van der Waals surface area contributed by atoms with Crippen molar-refractivity contribution in [3.63, 3.8) is 0 Å². The second-order valence-corrected chi connectivity index (χ2v) is 6.62. The van der Waals surface area contributed by atoms with Gasteiger partial charge in [0.05, 0.1) is 0 Å². The molecular formula is C14H10ClNS2. The topological polar surface area (TPSA) is 12.9 Å². The van der Waals surface area contributed by atoms with Gasteiger partial charge in [-0.3, -0.25) is 0 Å². The Morgan fingerprint density at radius 3 is 2.72 bits per heavy atom. The molecule has 0 atom stereocenters. The van der Waals surface area contributed by atoms with Gasteiger partial charge in [0.1, 0.15) is 0 Å². The van der Waals surface area contributed by atoms with Gasteiger partial charge in [-0.15, -0.1) is 23.1 Å². The maximum absolute atomic E-state index is 5.82. The van der Waals surface area contributed by atoms with Gasteiger partial charge in [0, 0.05) is 21.7 Å². The highest BCUT2D eigenvalue weighted by atomic mass is 35.5. The number of halogens is 1. The van der Waals surface area contributed by atoms with E-state index in [-0.39, 0.29) is 0 Å². The summed E-state index contributed by atoms with van der Waals surface area (Å²) in [5.41, 5.74) is 0. The van der Waals surface area contributed by atoms with Crippen molar-refractivity contribution in [2.24, 2.45) is 0 Å². The molecule has 0 unspecified atom stereocenters. The van der Waals surface area contributed by atoms with Crippen LogP contribution in [0.2, 0.25) is 4.47 Å². The minimum atomic E-state index is 0.615. The zero-order valence-corrected chi connectivity index (χ0v) is 11.9. The summed E-state index contributed by atoms with van der Waals surface area (Å²) in [6.07, 6.45) is 1.85. The van der Waals surface area contributed by atoms with Gasteiger partial charge < -0.3 is 0 Å². The average Bonchev–Trinajstić information content (AvgIpc) is 2.82. The Hall–Kier alpha value is -1.03. The van der Waals surface area contributed by atoms with Gasteiger partial charge in [-0.25, -0.2) is 4.98 Å². The number of rotatable bonds is 3. The number of nitrogens with zero attached hydrogens (tertiary/aromatic N) is 1. The van der Waals surface area contributed by atoms with Crippen LogP contribution in [-0.2, 0) is 5.75 Å². The summed E-state index contributed by atoms with van der Waals surface area (Å²) in [6.45, 7) is 0. The van der Waals surface area contributed by atoms with Crippen molar-refractivity contribution < 1.29 is 0 Å². The SMILES string of the molecule is Clc1ncc(CSc2ccc3ccccc3c2)s1. The van der Waals surface area contributed by atoms with Gasteiger partial charge in [0.25, 0.3) is 0 Å². The van der Waals surface area contributed by atoms with Gasteiger partial charge in [0.2, 0.25) is 0 Å². The molecule has 0 radical (unpaired) electrons. The average molecular weight is 292 g/mol. The molecule has 0 spiro atoms. The molecule has 0 bridgehead atoms. The van der Waals surface area contributed by atoms with Crippen LogP contribution in [0.5, 0.6) is 0 Å². The van der Waals surface area contributed by atoms with Crippen molar-refractivity contribution in [2.45, 2.75) is 10.6 Å². The fourth-order valence-corrected chi connectivity index (χ4v) is 3.71. The molecule has 0 fully saturated rings. The molecule has 0 saturated carbocycles. The molecule has 18 heavy (non-hydrogen) atoms. The second-order valence-electron chi connectivity index (χ2n) is 3.88. The maximum atomic E-state index is 5.82. The summed E-state index contributed by atoms with van der Waals surface area (Å²) in [5.74, 6) is 0.919. The first-order valence-corrected chi connectivity index (χ1v) is 7.71. The Balaban J connectivity index is 1.78. The molecule has 0 N–H and O–H groups in total. The van der Waals surface area contributed by atoms with Crippen LogP contribution in [0.3, 0.4) is 0 Å². The van der Waals surface area contributed by atoms with Crippen LogP contribution < -0.4 is 0 Å². The number of thioether (sulfide) groups is 1. The van der Waals surface area contributed by atoms with E-state index >= 15 is 0 Å². The summed E-state index contributed by atoms with van der Waals surface area (Å²) in [6, 6.07) is 15.0. The summed E-state index contributed by atoms with van der Waals surface area (Å²) in [7, 11) is 0. The van der Waals surface area contributed by atoms with E-state index in [1.807, 2.05) is 18.0 Å². The molecule has 1 heterocycles.